The molecular formula is C25H21F2O2S+. The molecule has 1 atom stereocenters. The van der Waals surface area contributed by atoms with Gasteiger partial charge in [0.05, 0.1) is 5.56 Å². The molecule has 0 N–H and O–H groups in total. The largest absolute Gasteiger partial charge is 0.451 e. The predicted octanol–water partition coefficient (Wildman–Crippen LogP) is 7.26. The van der Waals surface area contributed by atoms with E-state index >= 15 is 0 Å². The van der Waals surface area contributed by atoms with E-state index in [0.29, 0.717) is 5.56 Å². The van der Waals surface area contributed by atoms with Crippen molar-refractivity contribution in [3.8, 4) is 4.90 Å². The molecule has 0 radical (unpaired) electrons. The summed E-state index contributed by atoms with van der Waals surface area (Å²) in [5, 5.41) is 1.23. The number of carbonyl (C=O) groups excluding carboxylic acids is 1. The van der Waals surface area contributed by atoms with E-state index in [0.717, 1.165) is 17.0 Å². The first-order valence-electron chi connectivity index (χ1n) is 9.57. The lowest BCUT2D eigenvalue weighted by atomic mass is 9.97. The number of hydrogen-bond acceptors (Lipinski definition) is 2. The highest BCUT2D eigenvalue weighted by molar-refractivity contribution is 7.45. The van der Waals surface area contributed by atoms with E-state index in [1.54, 1.807) is 26.0 Å². The van der Waals surface area contributed by atoms with Gasteiger partial charge in [0.2, 0.25) is 0 Å². The van der Waals surface area contributed by atoms with Gasteiger partial charge in [-0.1, -0.05) is 12.1 Å². The zero-order chi connectivity index (χ0) is 21.5. The van der Waals surface area contributed by atoms with Crippen LogP contribution in [-0.4, -0.2) is 5.97 Å². The highest BCUT2D eigenvalue weighted by Crippen LogP contribution is 2.43. The number of rotatable bonds is 4. The highest BCUT2D eigenvalue weighted by Gasteiger charge is 2.29. The van der Waals surface area contributed by atoms with Gasteiger partial charge in [-0.2, -0.15) is 0 Å². The van der Waals surface area contributed by atoms with Gasteiger partial charge in [-0.25, -0.2) is 13.6 Å². The molecule has 1 heterocycles. The summed E-state index contributed by atoms with van der Waals surface area (Å²) < 4.78 is 34.2. The van der Waals surface area contributed by atoms with Crippen LogP contribution in [0.1, 0.15) is 34.6 Å². The molecule has 0 spiro atoms. The number of fused-ring (bicyclic) bond motifs is 1. The molecule has 0 bridgehead atoms. The smallest absolute Gasteiger partial charge is 0.339 e. The summed E-state index contributed by atoms with van der Waals surface area (Å²) in [6.07, 6.45) is 0. The molecule has 0 aliphatic carbocycles. The van der Waals surface area contributed by atoms with E-state index in [-0.39, 0.29) is 16.0 Å². The van der Waals surface area contributed by atoms with Crippen molar-refractivity contribution < 1.29 is 18.3 Å². The number of esters is 1. The van der Waals surface area contributed by atoms with Gasteiger partial charge in [-0.15, -0.1) is 0 Å². The topological polar surface area (TPSA) is 26.3 Å². The Labute approximate surface area is 176 Å². The Balaban J connectivity index is 1.59. The Morgan fingerprint density at radius 2 is 1.63 bits per heavy atom. The SMILES string of the molecule is Cc1cc2ccccc2[s+]1-c1ccc(C(=O)OC(C)(C)c2ccc(F)cc2F)cc1. The summed E-state index contributed by atoms with van der Waals surface area (Å²) in [6.45, 7) is 5.28. The maximum absolute atomic E-state index is 14.1. The van der Waals surface area contributed by atoms with Gasteiger partial charge < -0.3 is 4.74 Å². The predicted molar refractivity (Wildman–Crippen MR) is 117 cm³/mol. The molecule has 0 fully saturated rings. The minimum atomic E-state index is -1.24. The van der Waals surface area contributed by atoms with Crippen LogP contribution in [-0.2, 0) is 10.3 Å². The Kier molecular flexibility index (Phi) is 5.16. The Morgan fingerprint density at radius 3 is 2.33 bits per heavy atom. The molecule has 0 aliphatic rings. The summed E-state index contributed by atoms with van der Waals surface area (Å²) in [7, 11) is -0.162. The fourth-order valence-electron chi connectivity index (χ4n) is 3.60. The van der Waals surface area contributed by atoms with Crippen LogP contribution in [0.4, 0.5) is 8.78 Å². The number of hydrogen-bond donors (Lipinski definition) is 0. The quantitative estimate of drug-likeness (QED) is 0.255. The van der Waals surface area contributed by atoms with Gasteiger partial charge in [-0.05, 0) is 62.4 Å². The molecule has 2 nitrogen and oxygen atoms in total. The zero-order valence-electron chi connectivity index (χ0n) is 16.9. The molecule has 152 valence electrons. The van der Waals surface area contributed by atoms with Crippen LogP contribution in [0.5, 0.6) is 0 Å². The molecule has 1 aromatic heterocycles. The zero-order valence-corrected chi connectivity index (χ0v) is 17.7. The van der Waals surface area contributed by atoms with Gasteiger partial charge in [-0.3, -0.25) is 0 Å². The van der Waals surface area contributed by atoms with Crippen LogP contribution in [0, 0.1) is 18.6 Å². The lowest BCUT2D eigenvalue weighted by Crippen LogP contribution is -2.27. The van der Waals surface area contributed by atoms with E-state index in [1.165, 1.54) is 21.0 Å². The molecule has 0 amide bonds. The van der Waals surface area contributed by atoms with Gasteiger partial charge >= 0.3 is 5.97 Å². The second kappa shape index (κ2) is 7.65. The third-order valence-electron chi connectivity index (χ3n) is 5.07. The maximum atomic E-state index is 14.1. The minimum absolute atomic E-state index is 0.124. The number of aryl methyl sites for hydroxylation is 1. The molecule has 4 aromatic rings. The summed E-state index contributed by atoms with van der Waals surface area (Å²) in [6, 6.07) is 21.1. The van der Waals surface area contributed by atoms with Crippen molar-refractivity contribution in [3.63, 3.8) is 0 Å². The van der Waals surface area contributed by atoms with Crippen molar-refractivity contribution in [2.75, 3.05) is 0 Å². The van der Waals surface area contributed by atoms with Gasteiger partial charge in [0.15, 0.2) is 14.5 Å². The van der Waals surface area contributed by atoms with E-state index in [2.05, 4.69) is 25.1 Å². The highest BCUT2D eigenvalue weighted by atomic mass is 32.2. The number of thiophene rings is 1. The van der Waals surface area contributed by atoms with E-state index in [9.17, 15) is 13.6 Å². The Hall–Kier alpha value is -3.05. The molecule has 0 aliphatic heterocycles. The van der Waals surface area contributed by atoms with Crippen molar-refractivity contribution in [3.05, 3.63) is 100 Å². The first-order valence-corrected chi connectivity index (χ1v) is 10.8. The monoisotopic (exact) mass is 423 g/mol. The average Bonchev–Trinajstić information content (AvgIpc) is 3.03. The van der Waals surface area contributed by atoms with E-state index in [4.69, 9.17) is 4.74 Å². The van der Waals surface area contributed by atoms with Crippen LogP contribution in [0.15, 0.2) is 72.8 Å². The van der Waals surface area contributed by atoms with Crippen molar-refractivity contribution in [1.82, 2.24) is 0 Å². The van der Waals surface area contributed by atoms with Crippen molar-refractivity contribution in [2.24, 2.45) is 0 Å². The third-order valence-corrected chi connectivity index (χ3v) is 7.39. The average molecular weight is 424 g/mol. The van der Waals surface area contributed by atoms with Gasteiger partial charge in [0, 0.05) is 40.5 Å². The van der Waals surface area contributed by atoms with Crippen molar-refractivity contribution in [2.45, 2.75) is 26.4 Å². The summed E-state index contributed by atoms with van der Waals surface area (Å²) in [5.74, 6) is -1.98. The maximum Gasteiger partial charge on any atom is 0.339 e. The third kappa shape index (κ3) is 3.73. The summed E-state index contributed by atoms with van der Waals surface area (Å²) in [5.41, 5.74) is -0.732. The molecule has 5 heteroatoms. The molecule has 4 rings (SSSR count). The van der Waals surface area contributed by atoms with Crippen LogP contribution >= 0.6 is 10.5 Å². The Bertz CT molecular complexity index is 1240. The van der Waals surface area contributed by atoms with Gasteiger partial charge in [0.1, 0.15) is 17.2 Å². The van der Waals surface area contributed by atoms with Crippen LogP contribution in [0.2, 0.25) is 0 Å². The first-order chi connectivity index (χ1) is 14.3. The van der Waals surface area contributed by atoms with Crippen LogP contribution in [0.25, 0.3) is 15.0 Å². The molecule has 1 unspecified atom stereocenters. The number of benzene rings is 3. The first kappa shape index (κ1) is 20.2. The molecule has 0 saturated heterocycles. The fraction of sp³-hybridized carbons (Fsp3) is 0.160. The van der Waals surface area contributed by atoms with Gasteiger partial charge in [0.25, 0.3) is 0 Å². The molecule has 30 heavy (non-hydrogen) atoms. The number of ether oxygens (including phenoxy) is 1. The lowest BCUT2D eigenvalue weighted by molar-refractivity contribution is -0.00454. The Morgan fingerprint density at radius 1 is 0.933 bits per heavy atom. The molecule has 0 saturated carbocycles. The van der Waals surface area contributed by atoms with Crippen molar-refractivity contribution >= 4 is 26.5 Å². The fourth-order valence-corrected chi connectivity index (χ4v) is 5.80. The number of carbonyl (C=O) groups is 1. The minimum Gasteiger partial charge on any atom is -0.451 e. The number of halogens is 2. The molecular weight excluding hydrogens is 402 g/mol. The standard InChI is InChI=1S/C25H21F2O2S/c1-16-14-18-6-4-5-7-23(18)30(16)20-11-8-17(9-12-20)24(28)29-25(2,3)21-13-10-19(26)15-22(21)27/h4-15H,1-3H3/q+1. The van der Waals surface area contributed by atoms with Crippen LogP contribution < -0.4 is 0 Å². The second-order valence-electron chi connectivity index (χ2n) is 7.65. The van der Waals surface area contributed by atoms with Crippen LogP contribution in [0.3, 0.4) is 0 Å². The van der Waals surface area contributed by atoms with Crippen molar-refractivity contribution in [1.29, 1.82) is 0 Å². The summed E-state index contributed by atoms with van der Waals surface area (Å²) >= 11 is 0. The van der Waals surface area contributed by atoms with E-state index < -0.39 is 23.2 Å². The lowest BCUT2D eigenvalue weighted by Gasteiger charge is -2.26. The normalized spacial score (nSPS) is 12.2. The summed E-state index contributed by atoms with van der Waals surface area (Å²) in [4.78, 5) is 15.1. The molecule has 3 aromatic carbocycles. The van der Waals surface area contributed by atoms with E-state index in [1.807, 2.05) is 24.3 Å². The second-order valence-corrected chi connectivity index (χ2v) is 9.81.